The van der Waals surface area contributed by atoms with Crippen LogP contribution in [-0.2, 0) is 0 Å². The maximum Gasteiger partial charge on any atom is 0.183 e. The lowest BCUT2D eigenvalue weighted by molar-refractivity contribution is 0.0975. The minimum absolute atomic E-state index is 0.141. The highest BCUT2D eigenvalue weighted by Gasteiger charge is 2.07. The van der Waals surface area contributed by atoms with Crippen molar-refractivity contribution in [2.45, 2.75) is 58.3 Å². The average molecular weight is 240 g/mol. The molecule has 0 unspecified atom stereocenters. The van der Waals surface area contributed by atoms with Gasteiger partial charge in [0.15, 0.2) is 5.78 Å². The van der Waals surface area contributed by atoms with Gasteiger partial charge in [-0.05, 0) is 6.42 Å². The third-order valence-electron chi connectivity index (χ3n) is 2.65. The number of rotatable bonds is 9. The van der Waals surface area contributed by atoms with Crippen LogP contribution in [0.4, 0.5) is 0 Å². The quantitative estimate of drug-likeness (QED) is 0.486. The second-order valence-corrected chi connectivity index (χ2v) is 4.64. The van der Waals surface area contributed by atoms with E-state index in [9.17, 15) is 4.79 Å². The molecule has 0 N–H and O–H groups in total. The van der Waals surface area contributed by atoms with Gasteiger partial charge < -0.3 is 0 Å². The van der Waals surface area contributed by atoms with Crippen molar-refractivity contribution in [2.24, 2.45) is 0 Å². The Balaban J connectivity index is 1.97. The molecule has 1 heterocycles. The highest BCUT2D eigenvalue weighted by atomic mass is 32.1. The van der Waals surface area contributed by atoms with E-state index in [0.29, 0.717) is 12.1 Å². The molecule has 0 atom stereocenters. The minimum Gasteiger partial charge on any atom is -0.292 e. The van der Waals surface area contributed by atoms with Crippen molar-refractivity contribution in [3.05, 3.63) is 11.9 Å². The Kier molecular flexibility index (Phi) is 6.97. The van der Waals surface area contributed by atoms with Crippen LogP contribution in [0.3, 0.4) is 0 Å². The summed E-state index contributed by atoms with van der Waals surface area (Å²) in [6, 6.07) is 0. The van der Waals surface area contributed by atoms with Gasteiger partial charge in [0.05, 0.1) is 17.9 Å². The molecule has 3 nitrogen and oxygen atoms in total. The maximum atomic E-state index is 11.5. The van der Waals surface area contributed by atoms with Gasteiger partial charge in [0, 0.05) is 6.42 Å². The van der Waals surface area contributed by atoms with Crippen molar-refractivity contribution in [1.29, 1.82) is 0 Å². The molecular weight excluding hydrogens is 220 g/mol. The Morgan fingerprint density at radius 1 is 1.19 bits per heavy atom. The molecule has 0 fully saturated rings. The molecule has 0 amide bonds. The molecule has 1 aromatic rings. The van der Waals surface area contributed by atoms with Crippen molar-refractivity contribution < 1.29 is 4.79 Å². The molecule has 0 spiro atoms. The summed E-state index contributed by atoms with van der Waals surface area (Å²) in [6.07, 6.45) is 10.9. The highest BCUT2D eigenvalue weighted by molar-refractivity contribution is 6.99. The van der Waals surface area contributed by atoms with E-state index < -0.39 is 0 Å². The first-order chi connectivity index (χ1) is 7.84. The molecule has 16 heavy (non-hydrogen) atoms. The van der Waals surface area contributed by atoms with Gasteiger partial charge in [-0.1, -0.05) is 45.4 Å². The second kappa shape index (κ2) is 8.39. The summed E-state index contributed by atoms with van der Waals surface area (Å²) >= 11 is 1.10. The topological polar surface area (TPSA) is 42.9 Å². The predicted octanol–water partition coefficient (Wildman–Crippen LogP) is 3.86. The van der Waals surface area contributed by atoms with Gasteiger partial charge in [0.2, 0.25) is 0 Å². The average Bonchev–Trinajstić information content (AvgIpc) is 2.81. The van der Waals surface area contributed by atoms with Crippen LogP contribution in [0.1, 0.15) is 68.8 Å². The molecule has 1 rings (SSSR count). The number of carbonyl (C=O) groups is 1. The maximum absolute atomic E-state index is 11.5. The fourth-order valence-electron chi connectivity index (χ4n) is 1.66. The smallest absolute Gasteiger partial charge is 0.183 e. The van der Waals surface area contributed by atoms with Crippen molar-refractivity contribution in [1.82, 2.24) is 8.75 Å². The van der Waals surface area contributed by atoms with Gasteiger partial charge in [0.25, 0.3) is 0 Å². The third-order valence-corrected chi connectivity index (χ3v) is 3.13. The summed E-state index contributed by atoms with van der Waals surface area (Å²) in [4.78, 5) is 11.5. The normalized spacial score (nSPS) is 10.6. The molecular formula is C12H20N2OS. The van der Waals surface area contributed by atoms with Crippen LogP contribution >= 0.6 is 11.7 Å². The van der Waals surface area contributed by atoms with Gasteiger partial charge in [-0.15, -0.1) is 0 Å². The molecule has 0 saturated heterocycles. The van der Waals surface area contributed by atoms with Gasteiger partial charge in [0.1, 0.15) is 5.69 Å². The second-order valence-electron chi connectivity index (χ2n) is 4.09. The standard InChI is InChI=1S/C12H20N2OS/c1-2-3-4-5-6-7-8-9-12(15)11-10-13-16-14-11/h10H,2-9H2,1H3. The van der Waals surface area contributed by atoms with E-state index in [1.165, 1.54) is 32.1 Å². The first kappa shape index (κ1) is 13.3. The van der Waals surface area contributed by atoms with E-state index >= 15 is 0 Å². The predicted molar refractivity (Wildman–Crippen MR) is 66.8 cm³/mol. The zero-order valence-electron chi connectivity index (χ0n) is 9.95. The van der Waals surface area contributed by atoms with E-state index in [0.717, 1.165) is 24.6 Å². The Morgan fingerprint density at radius 3 is 2.50 bits per heavy atom. The fourth-order valence-corrected chi connectivity index (χ4v) is 2.09. The summed E-state index contributed by atoms with van der Waals surface area (Å²) in [6.45, 7) is 2.22. The lowest BCUT2D eigenvalue weighted by Gasteiger charge is -1.99. The van der Waals surface area contributed by atoms with Crippen LogP contribution in [0.15, 0.2) is 6.20 Å². The first-order valence-electron chi connectivity index (χ1n) is 6.15. The molecule has 90 valence electrons. The van der Waals surface area contributed by atoms with E-state index in [2.05, 4.69) is 15.7 Å². The summed E-state index contributed by atoms with van der Waals surface area (Å²) in [5.41, 5.74) is 0.538. The molecule has 1 aromatic heterocycles. The van der Waals surface area contributed by atoms with E-state index in [-0.39, 0.29) is 5.78 Å². The molecule has 0 radical (unpaired) electrons. The first-order valence-corrected chi connectivity index (χ1v) is 6.88. The van der Waals surface area contributed by atoms with Crippen LogP contribution < -0.4 is 0 Å². The van der Waals surface area contributed by atoms with E-state index in [4.69, 9.17) is 0 Å². The zero-order valence-corrected chi connectivity index (χ0v) is 10.8. The SMILES string of the molecule is CCCCCCCCCC(=O)c1cnsn1. The van der Waals surface area contributed by atoms with Crippen molar-refractivity contribution in [3.63, 3.8) is 0 Å². The zero-order chi connectivity index (χ0) is 11.6. The van der Waals surface area contributed by atoms with Gasteiger partial charge in [-0.2, -0.15) is 8.75 Å². The van der Waals surface area contributed by atoms with Crippen LogP contribution in [-0.4, -0.2) is 14.5 Å². The lowest BCUT2D eigenvalue weighted by Crippen LogP contribution is -1.98. The number of Topliss-reactive ketones (excluding diaryl/α,β-unsaturated/α-hetero) is 1. The third kappa shape index (κ3) is 5.35. The summed E-state index contributed by atoms with van der Waals surface area (Å²) in [5, 5.41) is 0. The van der Waals surface area contributed by atoms with Gasteiger partial charge in [-0.25, -0.2) is 0 Å². The van der Waals surface area contributed by atoms with Crippen LogP contribution in [0.25, 0.3) is 0 Å². The highest BCUT2D eigenvalue weighted by Crippen LogP contribution is 2.10. The van der Waals surface area contributed by atoms with Crippen LogP contribution in [0.5, 0.6) is 0 Å². The molecule has 0 aliphatic heterocycles. The number of hydrogen-bond donors (Lipinski definition) is 0. The molecule has 0 aliphatic carbocycles. The van der Waals surface area contributed by atoms with Crippen molar-refractivity contribution >= 4 is 17.5 Å². The van der Waals surface area contributed by atoms with E-state index in [1.54, 1.807) is 6.20 Å². The number of unbranched alkanes of at least 4 members (excludes halogenated alkanes) is 6. The fraction of sp³-hybridized carbons (Fsp3) is 0.750. The van der Waals surface area contributed by atoms with E-state index in [1.807, 2.05) is 0 Å². The van der Waals surface area contributed by atoms with Gasteiger partial charge in [-0.3, -0.25) is 4.79 Å². The largest absolute Gasteiger partial charge is 0.292 e. The number of carbonyl (C=O) groups excluding carboxylic acids is 1. The number of hydrogen-bond acceptors (Lipinski definition) is 4. The Bertz CT molecular complexity index is 285. The molecule has 0 aromatic carbocycles. The number of ketones is 1. The number of aromatic nitrogens is 2. The van der Waals surface area contributed by atoms with Crippen molar-refractivity contribution in [2.75, 3.05) is 0 Å². The van der Waals surface area contributed by atoms with Crippen LogP contribution in [0.2, 0.25) is 0 Å². The molecule has 0 aliphatic rings. The number of nitrogens with zero attached hydrogens (tertiary/aromatic N) is 2. The summed E-state index contributed by atoms with van der Waals surface area (Å²) in [5.74, 6) is 0.141. The summed E-state index contributed by atoms with van der Waals surface area (Å²) < 4.78 is 7.77. The molecule has 4 heteroatoms. The Labute approximate surface area is 102 Å². The summed E-state index contributed by atoms with van der Waals surface area (Å²) in [7, 11) is 0. The van der Waals surface area contributed by atoms with Gasteiger partial charge >= 0.3 is 0 Å². The molecule has 0 bridgehead atoms. The Hall–Kier alpha value is -0.770. The monoisotopic (exact) mass is 240 g/mol. The van der Waals surface area contributed by atoms with Crippen LogP contribution in [0, 0.1) is 0 Å². The Morgan fingerprint density at radius 2 is 1.88 bits per heavy atom. The molecule has 0 saturated carbocycles. The lowest BCUT2D eigenvalue weighted by atomic mass is 10.1. The minimum atomic E-state index is 0.141. The van der Waals surface area contributed by atoms with Crippen molar-refractivity contribution in [3.8, 4) is 0 Å².